The summed E-state index contributed by atoms with van der Waals surface area (Å²) in [4.78, 5) is 13.8. The van der Waals surface area contributed by atoms with Crippen molar-refractivity contribution in [3.63, 3.8) is 0 Å². The molecule has 1 aliphatic rings. The minimum atomic E-state index is 0.136. The van der Waals surface area contributed by atoms with Crippen molar-refractivity contribution in [2.24, 2.45) is 0 Å². The van der Waals surface area contributed by atoms with Gasteiger partial charge in [0.25, 0.3) is 0 Å². The zero-order valence-electron chi connectivity index (χ0n) is 16.5. The maximum Gasteiger partial charge on any atom is 0.168 e. The third-order valence-corrected chi connectivity index (χ3v) is 5.71. The number of anilines is 2. The highest BCUT2D eigenvalue weighted by Crippen LogP contribution is 2.35. The highest BCUT2D eigenvalue weighted by atomic mass is 35.5. The summed E-state index contributed by atoms with van der Waals surface area (Å²) in [6.07, 6.45) is 1.84. The van der Waals surface area contributed by atoms with Gasteiger partial charge in [-0.3, -0.25) is 0 Å². The summed E-state index contributed by atoms with van der Waals surface area (Å²) in [6, 6.07) is 15.4. The number of rotatable bonds is 3. The summed E-state index contributed by atoms with van der Waals surface area (Å²) >= 11 is 6.08. The average Bonchev–Trinajstić information content (AvgIpc) is 3.20. The number of hydrogen-bond acceptors (Lipinski definition) is 6. The van der Waals surface area contributed by atoms with E-state index in [-0.39, 0.29) is 5.75 Å². The number of phenolic OH excluding ortho intramolecular Hbond substituents is 1. The lowest BCUT2D eigenvalue weighted by Crippen LogP contribution is -2.47. The number of para-hydroxylation sites is 2. The van der Waals surface area contributed by atoms with Crippen molar-refractivity contribution in [2.75, 3.05) is 36.0 Å². The van der Waals surface area contributed by atoms with Gasteiger partial charge >= 0.3 is 0 Å². The molecule has 7 nitrogen and oxygen atoms in total. The van der Waals surface area contributed by atoms with Crippen LogP contribution in [0.1, 0.15) is 5.82 Å². The van der Waals surface area contributed by atoms with Crippen molar-refractivity contribution in [3.05, 3.63) is 65.6 Å². The molecule has 0 atom stereocenters. The fourth-order valence-corrected chi connectivity index (χ4v) is 4.09. The van der Waals surface area contributed by atoms with Crippen molar-refractivity contribution < 1.29 is 5.11 Å². The van der Waals surface area contributed by atoms with Crippen LogP contribution in [0.25, 0.3) is 16.7 Å². The molecule has 152 valence electrons. The zero-order valence-corrected chi connectivity index (χ0v) is 17.3. The summed E-state index contributed by atoms with van der Waals surface area (Å²) in [6.45, 7) is 4.96. The SMILES string of the molecule is Cc1nc(N2CCN(c3cccc(Cl)c3O)CC2)c2cnn(-c3ccccc3)c2n1. The molecule has 0 bridgehead atoms. The summed E-state index contributed by atoms with van der Waals surface area (Å²) in [5.74, 6) is 1.75. The number of benzene rings is 2. The number of hydrogen-bond donors (Lipinski definition) is 1. The van der Waals surface area contributed by atoms with Gasteiger partial charge in [0.05, 0.1) is 28.0 Å². The molecule has 4 aromatic rings. The normalized spacial score (nSPS) is 14.5. The molecule has 2 aromatic carbocycles. The Labute approximate surface area is 179 Å². The Morgan fingerprint density at radius 3 is 2.40 bits per heavy atom. The molecule has 0 aliphatic carbocycles. The predicted octanol–water partition coefficient (Wildman–Crippen LogP) is 3.81. The molecule has 0 radical (unpaired) electrons. The van der Waals surface area contributed by atoms with Gasteiger partial charge in [0.2, 0.25) is 0 Å². The number of fused-ring (bicyclic) bond motifs is 1. The molecule has 5 rings (SSSR count). The van der Waals surface area contributed by atoms with Crippen LogP contribution in [0.4, 0.5) is 11.5 Å². The third-order valence-electron chi connectivity index (χ3n) is 5.41. The van der Waals surface area contributed by atoms with E-state index in [0.717, 1.165) is 54.4 Å². The van der Waals surface area contributed by atoms with Crippen molar-refractivity contribution in [3.8, 4) is 11.4 Å². The molecule has 1 N–H and O–H groups in total. The molecule has 1 saturated heterocycles. The van der Waals surface area contributed by atoms with Gasteiger partial charge in [-0.2, -0.15) is 5.10 Å². The number of phenols is 1. The average molecular weight is 421 g/mol. The Hall–Kier alpha value is -3.32. The van der Waals surface area contributed by atoms with Crippen molar-refractivity contribution >= 4 is 34.1 Å². The van der Waals surface area contributed by atoms with E-state index in [0.29, 0.717) is 10.8 Å². The lowest BCUT2D eigenvalue weighted by Gasteiger charge is -2.37. The first-order chi connectivity index (χ1) is 14.6. The summed E-state index contributed by atoms with van der Waals surface area (Å²) in [5.41, 5.74) is 2.54. The van der Waals surface area contributed by atoms with Crippen LogP contribution in [0, 0.1) is 6.92 Å². The summed E-state index contributed by atoms with van der Waals surface area (Å²) < 4.78 is 1.85. The molecule has 3 heterocycles. The molecule has 0 spiro atoms. The van der Waals surface area contributed by atoms with Gasteiger partial charge in [0.1, 0.15) is 11.6 Å². The monoisotopic (exact) mass is 420 g/mol. The fraction of sp³-hybridized carbons (Fsp3) is 0.227. The minimum Gasteiger partial charge on any atom is -0.504 e. The smallest absolute Gasteiger partial charge is 0.168 e. The minimum absolute atomic E-state index is 0.136. The Morgan fingerprint density at radius 1 is 0.900 bits per heavy atom. The Kier molecular flexibility index (Phi) is 4.67. The van der Waals surface area contributed by atoms with Gasteiger partial charge in [0.15, 0.2) is 11.4 Å². The first kappa shape index (κ1) is 18.7. The standard InChI is InChI=1S/C22H21ClN6O/c1-15-25-21(17-14-24-29(22(17)26-15)16-6-3-2-4-7-16)28-12-10-27(11-13-28)19-9-5-8-18(23)20(19)30/h2-9,14,30H,10-13H2,1H3. The Morgan fingerprint density at radius 2 is 1.63 bits per heavy atom. The van der Waals surface area contributed by atoms with Crippen molar-refractivity contribution in [1.82, 2.24) is 19.7 Å². The molecule has 0 amide bonds. The Bertz CT molecular complexity index is 1200. The van der Waals surface area contributed by atoms with Gasteiger partial charge in [-0.05, 0) is 31.2 Å². The molecule has 1 aliphatic heterocycles. The fourth-order valence-electron chi connectivity index (χ4n) is 3.92. The second kappa shape index (κ2) is 7.50. The van der Waals surface area contributed by atoms with Crippen LogP contribution < -0.4 is 9.80 Å². The predicted molar refractivity (Wildman–Crippen MR) is 119 cm³/mol. The van der Waals surface area contributed by atoms with Crippen molar-refractivity contribution in [1.29, 1.82) is 0 Å². The molecule has 0 unspecified atom stereocenters. The van der Waals surface area contributed by atoms with Gasteiger partial charge in [-0.25, -0.2) is 14.6 Å². The summed E-state index contributed by atoms with van der Waals surface area (Å²) in [5, 5.41) is 16.2. The maximum atomic E-state index is 10.3. The number of piperazine rings is 1. The van der Waals surface area contributed by atoms with E-state index in [1.54, 1.807) is 6.07 Å². The quantitative estimate of drug-likeness (QED) is 0.543. The first-order valence-corrected chi connectivity index (χ1v) is 10.2. The van der Waals surface area contributed by atoms with E-state index in [1.165, 1.54) is 0 Å². The Balaban J connectivity index is 1.45. The number of aromatic hydroxyl groups is 1. The van der Waals surface area contributed by atoms with Crippen LogP contribution >= 0.6 is 11.6 Å². The van der Waals surface area contributed by atoms with Gasteiger partial charge < -0.3 is 14.9 Å². The van der Waals surface area contributed by atoms with Gasteiger partial charge in [-0.15, -0.1) is 0 Å². The van der Waals surface area contributed by atoms with Gasteiger partial charge in [-0.1, -0.05) is 35.9 Å². The van der Waals surface area contributed by atoms with Gasteiger partial charge in [0, 0.05) is 26.2 Å². The second-order valence-electron chi connectivity index (χ2n) is 7.31. The van der Waals surface area contributed by atoms with E-state index in [4.69, 9.17) is 16.6 Å². The van der Waals surface area contributed by atoms with Crippen LogP contribution in [0.5, 0.6) is 5.75 Å². The highest BCUT2D eigenvalue weighted by molar-refractivity contribution is 6.32. The maximum absolute atomic E-state index is 10.3. The van der Waals surface area contributed by atoms with E-state index < -0.39 is 0 Å². The van der Waals surface area contributed by atoms with E-state index in [1.807, 2.05) is 60.3 Å². The van der Waals surface area contributed by atoms with Crippen molar-refractivity contribution in [2.45, 2.75) is 6.92 Å². The van der Waals surface area contributed by atoms with Crippen LogP contribution in [0.15, 0.2) is 54.7 Å². The third kappa shape index (κ3) is 3.21. The topological polar surface area (TPSA) is 70.3 Å². The molecule has 30 heavy (non-hydrogen) atoms. The number of halogens is 1. The van der Waals surface area contributed by atoms with E-state index in [2.05, 4.69) is 19.9 Å². The highest BCUT2D eigenvalue weighted by Gasteiger charge is 2.24. The number of nitrogens with zero attached hydrogens (tertiary/aromatic N) is 6. The summed E-state index contributed by atoms with van der Waals surface area (Å²) in [7, 11) is 0. The zero-order chi connectivity index (χ0) is 20.7. The molecular formula is C22H21ClN6O. The lowest BCUT2D eigenvalue weighted by atomic mass is 10.2. The number of aromatic nitrogens is 4. The molecule has 0 saturated carbocycles. The van der Waals surface area contributed by atoms with Crippen LogP contribution in [-0.4, -0.2) is 51.0 Å². The largest absolute Gasteiger partial charge is 0.504 e. The molecule has 8 heteroatoms. The second-order valence-corrected chi connectivity index (χ2v) is 7.71. The van der Waals surface area contributed by atoms with Crippen LogP contribution in [0.3, 0.4) is 0 Å². The van der Waals surface area contributed by atoms with E-state index in [9.17, 15) is 5.11 Å². The molecule has 2 aromatic heterocycles. The van der Waals surface area contributed by atoms with Crippen LogP contribution in [-0.2, 0) is 0 Å². The number of aryl methyl sites for hydroxylation is 1. The first-order valence-electron chi connectivity index (χ1n) is 9.87. The van der Waals surface area contributed by atoms with Crippen LogP contribution in [0.2, 0.25) is 5.02 Å². The lowest BCUT2D eigenvalue weighted by molar-refractivity contribution is 0.472. The molecular weight excluding hydrogens is 400 g/mol. The molecule has 1 fully saturated rings. The van der Waals surface area contributed by atoms with E-state index >= 15 is 0 Å².